The fourth-order valence-corrected chi connectivity index (χ4v) is 3.61. The van der Waals surface area contributed by atoms with E-state index in [9.17, 15) is 14.4 Å². The third-order valence-electron chi connectivity index (χ3n) is 4.93. The third-order valence-corrected chi connectivity index (χ3v) is 4.93. The van der Waals surface area contributed by atoms with Gasteiger partial charge in [-0.2, -0.15) is 0 Å². The number of hydrogen-bond donors (Lipinski definition) is 2. The Morgan fingerprint density at radius 3 is 2.57 bits per heavy atom. The van der Waals surface area contributed by atoms with Gasteiger partial charge in [-0.15, -0.1) is 0 Å². The first-order chi connectivity index (χ1) is 13.4. The molecule has 0 unspecified atom stereocenters. The van der Waals surface area contributed by atoms with Crippen LogP contribution in [-0.2, 0) is 16.0 Å². The summed E-state index contributed by atoms with van der Waals surface area (Å²) in [4.78, 5) is 42.1. The van der Waals surface area contributed by atoms with Gasteiger partial charge in [-0.25, -0.2) is 0 Å². The molecule has 0 saturated heterocycles. The smallest absolute Gasteiger partial charge is 0.306 e. The maximum atomic E-state index is 12.3. The molecular weight excluding hydrogens is 356 g/mol. The first-order valence-corrected chi connectivity index (χ1v) is 9.32. The number of nitrogens with one attached hydrogen (secondary N) is 2. The van der Waals surface area contributed by atoms with Crippen molar-refractivity contribution in [3.05, 3.63) is 58.5 Å². The number of ketones is 2. The molecule has 0 radical (unpaired) electrons. The van der Waals surface area contributed by atoms with E-state index in [1.54, 1.807) is 13.8 Å². The van der Waals surface area contributed by atoms with Gasteiger partial charge in [0.05, 0.1) is 5.69 Å². The molecule has 1 aromatic carbocycles. The van der Waals surface area contributed by atoms with Gasteiger partial charge >= 0.3 is 5.97 Å². The predicted molar refractivity (Wildman–Crippen MR) is 107 cm³/mol. The number of para-hydroxylation sites is 1. The highest BCUT2D eigenvalue weighted by atomic mass is 16.5. The Hall–Kier alpha value is -3.15. The number of carbonyl (C=O) groups excluding carboxylic acids is 3. The molecule has 146 valence electrons. The Kier molecular flexibility index (Phi) is 5.78. The van der Waals surface area contributed by atoms with Gasteiger partial charge in [-0.3, -0.25) is 14.4 Å². The summed E-state index contributed by atoms with van der Waals surface area (Å²) in [5.41, 5.74) is 4.34. The SMILES string of the molecule is CC(=O)c1c(C)[nH]c(C(=O)COC(=O)CCCc2c[nH]c3ccccc23)c1C. The lowest BCUT2D eigenvalue weighted by Gasteiger charge is -2.05. The zero-order valence-electron chi connectivity index (χ0n) is 16.3. The lowest BCUT2D eigenvalue weighted by atomic mass is 10.1. The average molecular weight is 380 g/mol. The molecule has 3 rings (SSSR count). The van der Waals surface area contributed by atoms with Crippen molar-refractivity contribution in [3.63, 3.8) is 0 Å². The number of aromatic nitrogens is 2. The lowest BCUT2D eigenvalue weighted by Crippen LogP contribution is -2.15. The van der Waals surface area contributed by atoms with E-state index in [0.717, 1.165) is 22.9 Å². The van der Waals surface area contributed by atoms with Crippen molar-refractivity contribution >= 4 is 28.4 Å². The van der Waals surface area contributed by atoms with Crippen LogP contribution in [0.4, 0.5) is 0 Å². The molecule has 0 aliphatic rings. The van der Waals surface area contributed by atoms with E-state index in [2.05, 4.69) is 9.97 Å². The Bertz CT molecular complexity index is 1040. The van der Waals surface area contributed by atoms with E-state index in [1.807, 2.05) is 30.5 Å². The van der Waals surface area contributed by atoms with Gasteiger partial charge in [0, 0.05) is 34.8 Å². The lowest BCUT2D eigenvalue weighted by molar-refractivity contribution is -0.142. The summed E-state index contributed by atoms with van der Waals surface area (Å²) in [7, 11) is 0. The molecule has 6 nitrogen and oxygen atoms in total. The number of ether oxygens (including phenoxy) is 1. The maximum absolute atomic E-state index is 12.3. The number of aryl methyl sites for hydroxylation is 2. The predicted octanol–water partition coefficient (Wildman–Crippen LogP) is 4.06. The monoisotopic (exact) mass is 380 g/mol. The second-order valence-corrected chi connectivity index (χ2v) is 6.98. The minimum Gasteiger partial charge on any atom is -0.457 e. The van der Waals surface area contributed by atoms with Crippen LogP contribution < -0.4 is 0 Å². The molecule has 3 aromatic rings. The summed E-state index contributed by atoms with van der Waals surface area (Å²) in [6.07, 6.45) is 3.60. The largest absolute Gasteiger partial charge is 0.457 e. The number of Topliss-reactive ketones (excluding diaryl/α,β-unsaturated/α-hetero) is 2. The van der Waals surface area contributed by atoms with Crippen LogP contribution in [0.25, 0.3) is 10.9 Å². The van der Waals surface area contributed by atoms with E-state index in [1.165, 1.54) is 6.92 Å². The van der Waals surface area contributed by atoms with Crippen LogP contribution in [0.1, 0.15) is 57.4 Å². The van der Waals surface area contributed by atoms with Crippen molar-refractivity contribution < 1.29 is 19.1 Å². The van der Waals surface area contributed by atoms with E-state index >= 15 is 0 Å². The maximum Gasteiger partial charge on any atom is 0.306 e. The van der Waals surface area contributed by atoms with E-state index in [-0.39, 0.29) is 24.6 Å². The molecule has 0 bridgehead atoms. The van der Waals surface area contributed by atoms with Crippen molar-refractivity contribution in [2.45, 2.75) is 40.0 Å². The molecule has 0 aliphatic carbocycles. The number of hydrogen-bond acceptors (Lipinski definition) is 4. The molecule has 0 fully saturated rings. The van der Waals surface area contributed by atoms with Crippen molar-refractivity contribution in [2.24, 2.45) is 0 Å². The number of rotatable bonds is 8. The molecule has 0 spiro atoms. The highest BCUT2D eigenvalue weighted by Crippen LogP contribution is 2.20. The number of aromatic amines is 2. The van der Waals surface area contributed by atoms with E-state index in [4.69, 9.17) is 4.74 Å². The zero-order valence-corrected chi connectivity index (χ0v) is 16.3. The second kappa shape index (κ2) is 8.25. The van der Waals surface area contributed by atoms with Crippen LogP contribution in [0, 0.1) is 13.8 Å². The average Bonchev–Trinajstić information content (AvgIpc) is 3.20. The van der Waals surface area contributed by atoms with Crippen LogP contribution in [0.5, 0.6) is 0 Å². The van der Waals surface area contributed by atoms with Gasteiger partial charge < -0.3 is 14.7 Å². The highest BCUT2D eigenvalue weighted by molar-refractivity contribution is 6.04. The molecular formula is C22H24N2O4. The van der Waals surface area contributed by atoms with Crippen LogP contribution in [0.2, 0.25) is 0 Å². The van der Waals surface area contributed by atoms with Crippen LogP contribution >= 0.6 is 0 Å². The molecule has 0 atom stereocenters. The van der Waals surface area contributed by atoms with Crippen molar-refractivity contribution in [1.82, 2.24) is 9.97 Å². The summed E-state index contributed by atoms with van der Waals surface area (Å²) in [6.45, 7) is 4.60. The number of fused-ring (bicyclic) bond motifs is 1. The zero-order chi connectivity index (χ0) is 20.3. The van der Waals surface area contributed by atoms with Crippen LogP contribution in [0.15, 0.2) is 30.5 Å². The first kappa shape index (κ1) is 19.6. The quantitative estimate of drug-likeness (QED) is 0.455. The number of benzene rings is 1. The molecule has 6 heteroatoms. The molecule has 0 aliphatic heterocycles. The summed E-state index contributed by atoms with van der Waals surface area (Å²) in [6, 6.07) is 8.03. The summed E-state index contributed by atoms with van der Waals surface area (Å²) < 4.78 is 5.13. The van der Waals surface area contributed by atoms with Crippen molar-refractivity contribution in [3.8, 4) is 0 Å². The molecule has 2 heterocycles. The van der Waals surface area contributed by atoms with Gasteiger partial charge in [0.2, 0.25) is 5.78 Å². The minimum absolute atomic E-state index is 0.0976. The van der Waals surface area contributed by atoms with Gasteiger partial charge in [0.1, 0.15) is 0 Å². The molecule has 0 saturated carbocycles. The van der Waals surface area contributed by atoms with Gasteiger partial charge in [-0.1, -0.05) is 18.2 Å². The fourth-order valence-electron chi connectivity index (χ4n) is 3.61. The third kappa shape index (κ3) is 4.06. The van der Waals surface area contributed by atoms with E-state index < -0.39 is 5.97 Å². The Labute approximate surface area is 163 Å². The molecule has 2 aromatic heterocycles. The van der Waals surface area contributed by atoms with Gasteiger partial charge in [0.25, 0.3) is 0 Å². The Morgan fingerprint density at radius 2 is 1.86 bits per heavy atom. The standard InChI is InChI=1S/C22H24N2O4/c1-13-21(15(3)25)14(2)24-22(13)19(26)12-28-20(27)10-6-7-16-11-23-18-9-5-4-8-17(16)18/h4-5,8-9,11,23-24H,6-7,10,12H2,1-3H3. The van der Waals surface area contributed by atoms with Gasteiger partial charge in [-0.05, 0) is 50.8 Å². The molecule has 2 N–H and O–H groups in total. The number of esters is 1. The summed E-state index contributed by atoms with van der Waals surface area (Å²) in [5, 5.41) is 1.16. The fraction of sp³-hybridized carbons (Fsp3) is 0.318. The normalized spacial score (nSPS) is 11.0. The summed E-state index contributed by atoms with van der Waals surface area (Å²) >= 11 is 0. The summed E-state index contributed by atoms with van der Waals surface area (Å²) in [5.74, 6) is -0.835. The first-order valence-electron chi connectivity index (χ1n) is 9.32. The van der Waals surface area contributed by atoms with Crippen LogP contribution in [0.3, 0.4) is 0 Å². The Balaban J connectivity index is 1.50. The van der Waals surface area contributed by atoms with E-state index in [0.29, 0.717) is 28.9 Å². The van der Waals surface area contributed by atoms with Crippen molar-refractivity contribution in [1.29, 1.82) is 0 Å². The number of carbonyl (C=O) groups is 3. The van der Waals surface area contributed by atoms with Crippen molar-refractivity contribution in [2.75, 3.05) is 6.61 Å². The molecule has 28 heavy (non-hydrogen) atoms. The highest BCUT2D eigenvalue weighted by Gasteiger charge is 2.20. The minimum atomic E-state index is -0.402. The van der Waals surface area contributed by atoms with Crippen LogP contribution in [-0.4, -0.2) is 34.1 Å². The topological polar surface area (TPSA) is 92.0 Å². The second-order valence-electron chi connectivity index (χ2n) is 6.98. The number of H-pyrrole nitrogens is 2. The van der Waals surface area contributed by atoms with Gasteiger partial charge in [0.15, 0.2) is 12.4 Å². The Morgan fingerprint density at radius 1 is 1.11 bits per heavy atom. The molecule has 0 amide bonds.